The van der Waals surface area contributed by atoms with Crippen molar-refractivity contribution >= 4 is 0 Å². The average Bonchev–Trinajstić information content (AvgIpc) is 2.42. The van der Waals surface area contributed by atoms with Gasteiger partial charge in [-0.05, 0) is 56.5 Å². The van der Waals surface area contributed by atoms with E-state index in [9.17, 15) is 4.39 Å². The number of hydrogen-bond acceptors (Lipinski definition) is 1. The van der Waals surface area contributed by atoms with E-state index in [0.29, 0.717) is 0 Å². The van der Waals surface area contributed by atoms with Crippen LogP contribution in [0.1, 0.15) is 47.2 Å². The van der Waals surface area contributed by atoms with Crippen LogP contribution in [0.2, 0.25) is 0 Å². The molecule has 1 N–H and O–H groups in total. The predicted octanol–water partition coefficient (Wildman–Crippen LogP) is 4.84. The summed E-state index contributed by atoms with van der Waals surface area (Å²) in [6.07, 6.45) is 1.02. The summed E-state index contributed by atoms with van der Waals surface area (Å²) in [5, 5.41) is 3.48. The summed E-state index contributed by atoms with van der Waals surface area (Å²) in [7, 11) is 0. The molecule has 0 spiro atoms. The molecule has 2 heteroatoms. The largest absolute Gasteiger partial charge is 0.306 e. The Bertz CT molecular complexity index is 567. The first kappa shape index (κ1) is 15.7. The van der Waals surface area contributed by atoms with Crippen molar-refractivity contribution in [3.8, 4) is 0 Å². The van der Waals surface area contributed by atoms with Crippen LogP contribution < -0.4 is 5.32 Å². The summed E-state index contributed by atoms with van der Waals surface area (Å²) in [6, 6.07) is 11.7. The van der Waals surface area contributed by atoms with E-state index >= 15 is 0 Å². The minimum Gasteiger partial charge on any atom is -0.306 e. The van der Waals surface area contributed by atoms with Crippen LogP contribution in [0.4, 0.5) is 4.39 Å². The molecule has 1 unspecified atom stereocenters. The first-order chi connectivity index (χ1) is 10.0. The minimum absolute atomic E-state index is 0.0915. The summed E-state index contributed by atoms with van der Waals surface area (Å²) in [5.74, 6) is -0.136. The third-order valence-electron chi connectivity index (χ3n) is 3.80. The van der Waals surface area contributed by atoms with E-state index in [-0.39, 0.29) is 11.9 Å². The third kappa shape index (κ3) is 3.70. The van der Waals surface area contributed by atoms with Crippen molar-refractivity contribution in [3.63, 3.8) is 0 Å². The lowest BCUT2D eigenvalue weighted by atomic mass is 9.93. The van der Waals surface area contributed by atoms with Crippen LogP contribution in [0.5, 0.6) is 0 Å². The summed E-state index contributed by atoms with van der Waals surface area (Å²) >= 11 is 0. The lowest BCUT2D eigenvalue weighted by Crippen LogP contribution is -2.25. The molecule has 0 aliphatic rings. The van der Waals surface area contributed by atoms with Crippen molar-refractivity contribution in [3.05, 3.63) is 70.0 Å². The zero-order chi connectivity index (χ0) is 15.4. The molecule has 2 aromatic rings. The van der Waals surface area contributed by atoms with Gasteiger partial charge in [-0.25, -0.2) is 4.39 Å². The molecule has 0 aliphatic heterocycles. The fourth-order valence-corrected chi connectivity index (χ4v) is 2.69. The van der Waals surface area contributed by atoms with Crippen LogP contribution in [-0.4, -0.2) is 6.54 Å². The van der Waals surface area contributed by atoms with Gasteiger partial charge < -0.3 is 5.32 Å². The van der Waals surface area contributed by atoms with Crippen molar-refractivity contribution in [1.29, 1.82) is 0 Å². The number of halogens is 1. The summed E-state index contributed by atoms with van der Waals surface area (Å²) in [6.45, 7) is 9.08. The van der Waals surface area contributed by atoms with Gasteiger partial charge in [-0.2, -0.15) is 0 Å². The van der Waals surface area contributed by atoms with E-state index in [1.165, 1.54) is 11.1 Å². The molecule has 0 fully saturated rings. The van der Waals surface area contributed by atoms with Gasteiger partial charge in [0.05, 0.1) is 6.04 Å². The molecule has 0 aliphatic carbocycles. The lowest BCUT2D eigenvalue weighted by Gasteiger charge is -2.22. The minimum atomic E-state index is -0.136. The Balaban J connectivity index is 2.46. The van der Waals surface area contributed by atoms with Gasteiger partial charge >= 0.3 is 0 Å². The van der Waals surface area contributed by atoms with E-state index < -0.39 is 0 Å². The van der Waals surface area contributed by atoms with E-state index in [0.717, 1.165) is 29.7 Å². The maximum Gasteiger partial charge on any atom is 0.128 e. The third-order valence-corrected chi connectivity index (χ3v) is 3.80. The Morgan fingerprint density at radius 3 is 2.14 bits per heavy atom. The smallest absolute Gasteiger partial charge is 0.128 e. The standard InChI is InChI=1S/C19H24FN/c1-5-10-21-19(16-8-6-13(2)11-15(16)4)17-9-7-14(3)12-18(17)20/h6-9,11-12,19,21H,5,10H2,1-4H3. The zero-order valence-electron chi connectivity index (χ0n) is 13.3. The van der Waals surface area contributed by atoms with Gasteiger partial charge in [0.1, 0.15) is 5.82 Å². The van der Waals surface area contributed by atoms with Crippen LogP contribution in [0.3, 0.4) is 0 Å². The first-order valence-corrected chi connectivity index (χ1v) is 7.59. The Kier molecular flexibility index (Phi) is 5.13. The molecule has 0 saturated heterocycles. The van der Waals surface area contributed by atoms with Crippen molar-refractivity contribution < 1.29 is 4.39 Å². The van der Waals surface area contributed by atoms with Gasteiger partial charge in [0, 0.05) is 5.56 Å². The number of hydrogen-bond donors (Lipinski definition) is 1. The van der Waals surface area contributed by atoms with E-state index in [1.54, 1.807) is 6.07 Å². The zero-order valence-corrected chi connectivity index (χ0v) is 13.3. The maximum absolute atomic E-state index is 14.4. The highest BCUT2D eigenvalue weighted by Gasteiger charge is 2.19. The van der Waals surface area contributed by atoms with Gasteiger partial charge in [0.15, 0.2) is 0 Å². The molecule has 2 aromatic carbocycles. The lowest BCUT2D eigenvalue weighted by molar-refractivity contribution is 0.545. The number of nitrogens with one attached hydrogen (secondary N) is 1. The molecule has 0 radical (unpaired) electrons. The van der Waals surface area contributed by atoms with Gasteiger partial charge in [0.25, 0.3) is 0 Å². The van der Waals surface area contributed by atoms with Gasteiger partial charge in [-0.15, -0.1) is 0 Å². The molecular formula is C19H24FN. The molecule has 0 aromatic heterocycles. The summed E-state index contributed by atoms with van der Waals surface area (Å²) in [5.41, 5.74) is 5.25. The predicted molar refractivity (Wildman–Crippen MR) is 87.2 cm³/mol. The maximum atomic E-state index is 14.4. The molecule has 1 nitrogen and oxygen atoms in total. The van der Waals surface area contributed by atoms with Crippen LogP contribution in [0.25, 0.3) is 0 Å². The Labute approximate surface area is 127 Å². The topological polar surface area (TPSA) is 12.0 Å². The monoisotopic (exact) mass is 285 g/mol. The SMILES string of the molecule is CCCNC(c1ccc(C)cc1C)c1ccc(C)cc1F. The number of aryl methyl sites for hydroxylation is 3. The van der Waals surface area contributed by atoms with E-state index in [2.05, 4.69) is 44.3 Å². The second-order valence-electron chi connectivity index (χ2n) is 5.77. The molecule has 0 heterocycles. The summed E-state index contributed by atoms with van der Waals surface area (Å²) < 4.78 is 14.4. The molecule has 0 saturated carbocycles. The van der Waals surface area contributed by atoms with Crippen LogP contribution >= 0.6 is 0 Å². The Morgan fingerprint density at radius 2 is 1.57 bits per heavy atom. The highest BCUT2D eigenvalue weighted by molar-refractivity contribution is 5.40. The first-order valence-electron chi connectivity index (χ1n) is 7.59. The van der Waals surface area contributed by atoms with Crippen LogP contribution in [0.15, 0.2) is 36.4 Å². The molecule has 112 valence electrons. The number of benzene rings is 2. The number of rotatable bonds is 5. The second-order valence-corrected chi connectivity index (χ2v) is 5.77. The Morgan fingerprint density at radius 1 is 0.952 bits per heavy atom. The molecule has 21 heavy (non-hydrogen) atoms. The molecule has 2 rings (SSSR count). The molecular weight excluding hydrogens is 261 g/mol. The van der Waals surface area contributed by atoms with E-state index in [4.69, 9.17) is 0 Å². The fraction of sp³-hybridized carbons (Fsp3) is 0.368. The second kappa shape index (κ2) is 6.86. The van der Waals surface area contributed by atoms with Gasteiger partial charge in [0.2, 0.25) is 0 Å². The van der Waals surface area contributed by atoms with E-state index in [1.807, 2.05) is 19.1 Å². The molecule has 0 bridgehead atoms. The van der Waals surface area contributed by atoms with Crippen molar-refractivity contribution in [2.75, 3.05) is 6.54 Å². The summed E-state index contributed by atoms with van der Waals surface area (Å²) in [4.78, 5) is 0. The van der Waals surface area contributed by atoms with Gasteiger partial charge in [-0.3, -0.25) is 0 Å². The quantitative estimate of drug-likeness (QED) is 0.829. The van der Waals surface area contributed by atoms with Crippen LogP contribution in [-0.2, 0) is 0 Å². The highest BCUT2D eigenvalue weighted by atomic mass is 19.1. The van der Waals surface area contributed by atoms with Crippen molar-refractivity contribution in [1.82, 2.24) is 5.32 Å². The molecule has 1 atom stereocenters. The Hall–Kier alpha value is -1.67. The fourth-order valence-electron chi connectivity index (χ4n) is 2.69. The normalized spacial score (nSPS) is 12.4. The van der Waals surface area contributed by atoms with Crippen molar-refractivity contribution in [2.24, 2.45) is 0 Å². The van der Waals surface area contributed by atoms with Crippen LogP contribution in [0, 0.1) is 26.6 Å². The van der Waals surface area contributed by atoms with Crippen molar-refractivity contribution in [2.45, 2.75) is 40.2 Å². The average molecular weight is 285 g/mol. The molecule has 0 amide bonds. The highest BCUT2D eigenvalue weighted by Crippen LogP contribution is 2.28. The van der Waals surface area contributed by atoms with Gasteiger partial charge in [-0.1, -0.05) is 42.8 Å².